The zero-order valence-corrected chi connectivity index (χ0v) is 60.6. The van der Waals surface area contributed by atoms with Crippen LogP contribution in [0.5, 0.6) is 0 Å². The summed E-state index contributed by atoms with van der Waals surface area (Å²) in [7, 11) is 8.51. The van der Waals surface area contributed by atoms with Gasteiger partial charge < -0.3 is 60.0 Å². The molecule has 99 heavy (non-hydrogen) atoms. The minimum atomic E-state index is -4.76. The predicted octanol–water partition coefficient (Wildman–Crippen LogP) is 5.79. The van der Waals surface area contributed by atoms with E-state index >= 15 is 24.0 Å². The number of aryl methyl sites for hydroxylation is 1. The van der Waals surface area contributed by atoms with Crippen LogP contribution in [-0.2, 0) is 70.1 Å². The number of carbonyl (C=O) groups excluding carboxylic acids is 12. The molecule has 8 atom stereocenters. The number of halogens is 4. The van der Waals surface area contributed by atoms with Crippen molar-refractivity contribution in [2.45, 2.75) is 236 Å². The van der Waals surface area contributed by atoms with Crippen LogP contribution >= 0.6 is 11.6 Å². The molecule has 6 fully saturated rings. The number of hydrogen-bond donors (Lipinski definition) is 3. The maximum absolute atomic E-state index is 16.0. The van der Waals surface area contributed by atoms with Gasteiger partial charge in [-0.25, -0.2) is 0 Å². The summed E-state index contributed by atoms with van der Waals surface area (Å²) in [5.74, 6) is -8.47. The van der Waals surface area contributed by atoms with E-state index in [0.717, 1.165) is 78.2 Å². The maximum Gasteiger partial charge on any atom is 0.417 e. The summed E-state index contributed by atoms with van der Waals surface area (Å²) in [6, 6.07) is -5.50. The van der Waals surface area contributed by atoms with Crippen LogP contribution in [0.4, 0.5) is 13.2 Å². The maximum atomic E-state index is 16.0. The Morgan fingerprint density at radius 3 is 1.89 bits per heavy atom. The number of nitrogens with zero attached hydrogens (tertiary/aromatic N) is 9. The number of nitrogens with one attached hydrogen (secondary N) is 3. The molecule has 28 heteroatoms. The highest BCUT2D eigenvalue weighted by molar-refractivity contribution is 6.31. The van der Waals surface area contributed by atoms with E-state index in [9.17, 15) is 46.7 Å². The van der Waals surface area contributed by atoms with E-state index in [1.54, 1.807) is 11.8 Å². The molecule has 6 aliphatic rings. The summed E-state index contributed by atoms with van der Waals surface area (Å²) < 4.78 is 41.6. The number of carbonyl (C=O) groups is 12. The largest absolute Gasteiger partial charge is 0.417 e. The molecule has 0 unspecified atom stereocenters. The standard InChI is InChI=1S/C71H108ClF3N12O12/c1-11-35-86-55(66(96)85-36-21-14-22-37-85)41-57(89)82(8)46(4)62(92)77-60(45(3)12-2)67(97)81(7)43-58(90)79(5)44-59(91)83(9)54(40-47-24-15-13-16-25-47)65(95)80(6)42-56(88)76-52(32-30-48-29-31-50(51(72)39-48)71(73,74)75)64(94)87-38-23-28-53(87)63(93)78-70(33-19-20-34-70)69(99)84(10)61(68(86)98)49-26-17-18-27-49/h29,31,39,45-47,49,52-55,60-61H,11-28,30,32-38,40-44H2,1-10H3,(H,76,88)(H,77,92)(H,78,93)/t45-,46-,52-,53-,54-,55-,60-,61-/m0/s1. The number of hydrogen-bond acceptors (Lipinski definition) is 12. The second-order valence-electron chi connectivity index (χ2n) is 28.9. The summed E-state index contributed by atoms with van der Waals surface area (Å²) in [5, 5.41) is 8.11. The molecule has 0 aromatic heterocycles. The molecule has 1 spiro atoms. The number of rotatable bonds is 11. The van der Waals surface area contributed by atoms with E-state index in [2.05, 4.69) is 16.0 Å². The lowest BCUT2D eigenvalue weighted by molar-refractivity contribution is -0.158. The Balaban J connectivity index is 1.28. The lowest BCUT2D eigenvalue weighted by Crippen LogP contribution is -2.65. The Hall–Kier alpha value is -7.06. The minimum absolute atomic E-state index is 0.0157. The normalized spacial score (nSPS) is 26.9. The van der Waals surface area contributed by atoms with Crippen LogP contribution in [0.15, 0.2) is 18.2 Å². The van der Waals surface area contributed by atoms with Crippen molar-refractivity contribution >= 4 is 82.5 Å². The molecule has 3 heterocycles. The van der Waals surface area contributed by atoms with Gasteiger partial charge in [0.1, 0.15) is 47.8 Å². The fourth-order valence-electron chi connectivity index (χ4n) is 15.4. The molecule has 0 bridgehead atoms. The average molecular weight is 1410 g/mol. The minimum Gasteiger partial charge on any atom is -0.343 e. The van der Waals surface area contributed by atoms with Crippen molar-refractivity contribution in [1.82, 2.24) is 60.0 Å². The third kappa shape index (κ3) is 19.7. The topological polar surface area (TPSA) is 270 Å². The first-order valence-electron chi connectivity index (χ1n) is 36.0. The lowest BCUT2D eigenvalue weighted by Gasteiger charge is -2.43. The van der Waals surface area contributed by atoms with Crippen LogP contribution in [-0.4, -0.2) is 251 Å². The van der Waals surface area contributed by atoms with Crippen LogP contribution in [0, 0.1) is 17.8 Å². The molecular weight excluding hydrogens is 1310 g/mol. The van der Waals surface area contributed by atoms with Gasteiger partial charge in [0.05, 0.1) is 36.6 Å². The monoisotopic (exact) mass is 1410 g/mol. The van der Waals surface area contributed by atoms with Crippen LogP contribution < -0.4 is 16.0 Å². The Kier molecular flexibility index (Phi) is 28.4. The number of likely N-dealkylation sites (N-methyl/N-ethyl adjacent to an activating group) is 6. The number of amides is 12. The van der Waals surface area contributed by atoms with E-state index < -0.39 is 167 Å². The molecule has 0 radical (unpaired) electrons. The van der Waals surface area contributed by atoms with Crippen molar-refractivity contribution in [3.63, 3.8) is 0 Å². The Labute approximate surface area is 586 Å². The van der Waals surface area contributed by atoms with Gasteiger partial charge in [-0.15, -0.1) is 0 Å². The number of alkyl halides is 3. The molecular formula is C71H108ClF3N12O12. The molecule has 1 aromatic carbocycles. The van der Waals surface area contributed by atoms with E-state index in [-0.39, 0.29) is 63.5 Å². The van der Waals surface area contributed by atoms with Gasteiger partial charge in [0.2, 0.25) is 70.9 Å². The predicted molar refractivity (Wildman–Crippen MR) is 364 cm³/mol. The molecule has 3 saturated heterocycles. The van der Waals surface area contributed by atoms with Crippen molar-refractivity contribution in [3.8, 4) is 0 Å². The molecule has 3 aliphatic heterocycles. The third-order valence-corrected chi connectivity index (χ3v) is 22.2. The molecule has 1 aromatic rings. The van der Waals surface area contributed by atoms with Crippen LogP contribution in [0.1, 0.15) is 187 Å². The quantitative estimate of drug-likeness (QED) is 0.238. The van der Waals surface area contributed by atoms with E-state index in [0.29, 0.717) is 76.4 Å². The number of piperidine rings is 1. The average Bonchev–Trinajstić information content (AvgIpc) is 1.74. The first-order chi connectivity index (χ1) is 46.8. The van der Waals surface area contributed by atoms with Crippen molar-refractivity contribution in [3.05, 3.63) is 34.3 Å². The van der Waals surface area contributed by atoms with Crippen LogP contribution in [0.3, 0.4) is 0 Å². The summed E-state index contributed by atoms with van der Waals surface area (Å²) in [4.78, 5) is 190. The Bertz CT molecular complexity index is 3080. The van der Waals surface area contributed by atoms with Crippen LogP contribution in [0.2, 0.25) is 5.02 Å². The van der Waals surface area contributed by atoms with E-state index in [1.165, 1.54) is 79.8 Å². The van der Waals surface area contributed by atoms with Gasteiger partial charge in [-0.1, -0.05) is 103 Å². The zero-order valence-electron chi connectivity index (χ0n) is 59.9. The molecule has 24 nitrogen and oxygen atoms in total. The zero-order chi connectivity index (χ0) is 72.8. The van der Waals surface area contributed by atoms with Gasteiger partial charge in [-0.05, 0) is 126 Å². The lowest BCUT2D eigenvalue weighted by atomic mass is 9.84. The van der Waals surface area contributed by atoms with Gasteiger partial charge in [0, 0.05) is 68.5 Å². The second kappa shape index (κ2) is 35.5. The molecule has 7 rings (SSSR count). The highest BCUT2D eigenvalue weighted by Crippen LogP contribution is 2.39. The van der Waals surface area contributed by atoms with Gasteiger partial charge in [-0.2, -0.15) is 13.2 Å². The van der Waals surface area contributed by atoms with E-state index in [1.807, 2.05) is 13.8 Å². The van der Waals surface area contributed by atoms with Gasteiger partial charge in [0.25, 0.3) is 0 Å². The second-order valence-corrected chi connectivity index (χ2v) is 29.3. The highest BCUT2D eigenvalue weighted by Gasteiger charge is 2.52. The molecule has 12 amide bonds. The summed E-state index contributed by atoms with van der Waals surface area (Å²) in [5.41, 5.74) is -2.33. The Morgan fingerprint density at radius 1 is 0.657 bits per heavy atom. The van der Waals surface area contributed by atoms with Crippen LogP contribution in [0.25, 0.3) is 0 Å². The first-order valence-corrected chi connectivity index (χ1v) is 36.4. The third-order valence-electron chi connectivity index (χ3n) is 21.9. The summed E-state index contributed by atoms with van der Waals surface area (Å²) in [6.45, 7) is 6.05. The highest BCUT2D eigenvalue weighted by atomic mass is 35.5. The SMILES string of the molecule is CCCN1C(=O)[C@H](C2CCCC2)N(C)C(=O)C2(CCCC2)NC(=O)[C@@H]2CCCN2C(=O)[C@H](CCc2ccc(C(F)(F)F)c(Cl)c2)NC(=O)CN(C)C(=O)[C@H](CC2CCCCC2)N(C)C(=O)CN(C)C(=O)CN(C)C(=O)[C@H]([C@@H](C)CC)NC(=O)[C@H](C)N(C)C(=O)C[C@H]1C(=O)N1CCCCC1. The van der Waals surface area contributed by atoms with Gasteiger partial charge in [-0.3, -0.25) is 57.5 Å². The number of fused-ring (bicyclic) bond motifs is 1. The fourth-order valence-corrected chi connectivity index (χ4v) is 15.7. The molecule has 3 N–H and O–H groups in total. The number of benzene rings is 1. The number of likely N-dealkylation sites (tertiary alicyclic amines) is 1. The Morgan fingerprint density at radius 2 is 1.27 bits per heavy atom. The smallest absolute Gasteiger partial charge is 0.343 e. The van der Waals surface area contributed by atoms with E-state index in [4.69, 9.17) is 11.6 Å². The van der Waals surface area contributed by atoms with Crippen molar-refractivity contribution in [2.24, 2.45) is 17.8 Å². The fraction of sp³-hybridized carbons (Fsp3) is 0.746. The molecule has 3 aliphatic carbocycles. The first kappa shape index (κ1) is 79.3. The summed E-state index contributed by atoms with van der Waals surface area (Å²) >= 11 is 6.16. The molecule has 552 valence electrons. The summed E-state index contributed by atoms with van der Waals surface area (Å²) in [6.07, 6.45) is 6.54. The van der Waals surface area contributed by atoms with Crippen molar-refractivity contribution in [2.75, 3.05) is 88.1 Å². The van der Waals surface area contributed by atoms with Gasteiger partial charge in [0.15, 0.2) is 0 Å². The van der Waals surface area contributed by atoms with Crippen molar-refractivity contribution < 1.29 is 70.7 Å². The van der Waals surface area contributed by atoms with Gasteiger partial charge >= 0.3 is 6.18 Å². The van der Waals surface area contributed by atoms with Crippen molar-refractivity contribution in [1.29, 1.82) is 0 Å². The molecule has 3 saturated carbocycles.